The maximum atomic E-state index is 12.4. The zero-order valence-electron chi connectivity index (χ0n) is 13.5. The van der Waals surface area contributed by atoms with Crippen LogP contribution in [0.5, 0.6) is 0 Å². The van der Waals surface area contributed by atoms with Gasteiger partial charge in [0.15, 0.2) is 0 Å². The van der Waals surface area contributed by atoms with E-state index in [-0.39, 0.29) is 23.8 Å². The zero-order valence-corrected chi connectivity index (χ0v) is 14.3. The Morgan fingerprint density at radius 2 is 2.09 bits per heavy atom. The van der Waals surface area contributed by atoms with Gasteiger partial charge in [0.25, 0.3) is 0 Å². The van der Waals surface area contributed by atoms with E-state index in [1.54, 1.807) is 18.2 Å². The van der Waals surface area contributed by atoms with E-state index in [1.165, 1.54) is 0 Å². The Morgan fingerprint density at radius 3 is 2.70 bits per heavy atom. The van der Waals surface area contributed by atoms with Crippen LogP contribution in [0, 0.1) is 5.92 Å². The summed E-state index contributed by atoms with van der Waals surface area (Å²) in [4.78, 5) is 26.2. The molecule has 0 aliphatic carbocycles. The van der Waals surface area contributed by atoms with Gasteiger partial charge < -0.3 is 10.1 Å². The van der Waals surface area contributed by atoms with E-state index in [0.717, 1.165) is 12.8 Å². The molecule has 0 spiro atoms. The van der Waals surface area contributed by atoms with Gasteiger partial charge in [-0.1, -0.05) is 17.7 Å². The molecule has 1 fully saturated rings. The molecule has 1 aliphatic heterocycles. The average molecular weight is 339 g/mol. The number of amides is 1. The summed E-state index contributed by atoms with van der Waals surface area (Å²) in [5, 5.41) is 3.47. The van der Waals surface area contributed by atoms with Gasteiger partial charge in [-0.05, 0) is 58.0 Å². The van der Waals surface area contributed by atoms with Gasteiger partial charge in [0.1, 0.15) is 0 Å². The van der Waals surface area contributed by atoms with Gasteiger partial charge in [-0.25, -0.2) is 0 Å². The summed E-state index contributed by atoms with van der Waals surface area (Å²) in [5.74, 6) is -0.237. The van der Waals surface area contributed by atoms with E-state index in [0.29, 0.717) is 30.4 Å². The maximum Gasteiger partial charge on any atom is 0.309 e. The lowest BCUT2D eigenvalue weighted by Crippen LogP contribution is -2.47. The number of ether oxygens (including phenoxy) is 1. The number of rotatable bonds is 5. The molecule has 1 heterocycles. The highest BCUT2D eigenvalue weighted by atomic mass is 35.5. The topological polar surface area (TPSA) is 58.6 Å². The minimum atomic E-state index is -0.253. The van der Waals surface area contributed by atoms with Crippen LogP contribution in [0.3, 0.4) is 0 Å². The molecule has 0 saturated carbocycles. The van der Waals surface area contributed by atoms with Gasteiger partial charge >= 0.3 is 5.97 Å². The van der Waals surface area contributed by atoms with Crippen LogP contribution >= 0.6 is 11.6 Å². The standard InChI is InChI=1S/C17H23ClN2O3/c1-3-23-17(22)13-7-9-20(10-8-13)12(2)16(21)19-15-6-4-5-14(18)11-15/h4-6,11-13H,3,7-10H2,1-2H3,(H,19,21). The number of nitrogens with one attached hydrogen (secondary N) is 1. The maximum absolute atomic E-state index is 12.4. The van der Waals surface area contributed by atoms with E-state index < -0.39 is 0 Å². The summed E-state index contributed by atoms with van der Waals surface area (Å²) >= 11 is 5.92. The minimum Gasteiger partial charge on any atom is -0.466 e. The summed E-state index contributed by atoms with van der Waals surface area (Å²) in [6.45, 7) is 5.54. The molecular formula is C17H23ClN2O3. The molecule has 0 aromatic heterocycles. The molecule has 1 unspecified atom stereocenters. The van der Waals surface area contributed by atoms with Crippen molar-refractivity contribution in [2.45, 2.75) is 32.7 Å². The van der Waals surface area contributed by atoms with Crippen LogP contribution in [0.15, 0.2) is 24.3 Å². The van der Waals surface area contributed by atoms with Crippen molar-refractivity contribution in [1.29, 1.82) is 0 Å². The van der Waals surface area contributed by atoms with Crippen molar-refractivity contribution in [3.05, 3.63) is 29.3 Å². The first-order chi connectivity index (χ1) is 11.0. The molecule has 1 aromatic carbocycles. The smallest absolute Gasteiger partial charge is 0.309 e. The Bertz CT molecular complexity index is 557. The number of nitrogens with zero attached hydrogens (tertiary/aromatic N) is 1. The number of hydrogen-bond acceptors (Lipinski definition) is 4. The van der Waals surface area contributed by atoms with Crippen molar-refractivity contribution < 1.29 is 14.3 Å². The van der Waals surface area contributed by atoms with Crippen molar-refractivity contribution in [3.63, 3.8) is 0 Å². The van der Waals surface area contributed by atoms with E-state index in [1.807, 2.05) is 19.9 Å². The molecule has 1 amide bonds. The van der Waals surface area contributed by atoms with Crippen molar-refractivity contribution in [2.75, 3.05) is 25.0 Å². The lowest BCUT2D eigenvalue weighted by Gasteiger charge is -2.34. The third-order valence-corrected chi connectivity index (χ3v) is 4.40. The van der Waals surface area contributed by atoms with Crippen LogP contribution in [-0.2, 0) is 14.3 Å². The Morgan fingerprint density at radius 1 is 1.39 bits per heavy atom. The van der Waals surface area contributed by atoms with Crippen LogP contribution < -0.4 is 5.32 Å². The molecule has 1 aromatic rings. The van der Waals surface area contributed by atoms with Crippen LogP contribution in [0.2, 0.25) is 5.02 Å². The predicted molar refractivity (Wildman–Crippen MR) is 90.5 cm³/mol. The summed E-state index contributed by atoms with van der Waals surface area (Å²) in [5.41, 5.74) is 0.691. The van der Waals surface area contributed by atoms with Crippen LogP contribution in [-0.4, -0.2) is 42.5 Å². The largest absolute Gasteiger partial charge is 0.466 e. The van der Waals surface area contributed by atoms with E-state index in [9.17, 15) is 9.59 Å². The quantitative estimate of drug-likeness (QED) is 0.839. The number of halogens is 1. The molecule has 1 aliphatic rings. The second-order valence-corrected chi connectivity index (χ2v) is 6.17. The Hall–Kier alpha value is -1.59. The molecule has 0 radical (unpaired) electrons. The fraction of sp³-hybridized carbons (Fsp3) is 0.529. The third kappa shape index (κ3) is 4.94. The second-order valence-electron chi connectivity index (χ2n) is 5.74. The molecule has 1 saturated heterocycles. The fourth-order valence-corrected chi connectivity index (χ4v) is 2.95. The second kappa shape index (κ2) is 8.31. The van der Waals surface area contributed by atoms with Gasteiger partial charge in [0.2, 0.25) is 5.91 Å². The van der Waals surface area contributed by atoms with Crippen LogP contribution in [0.4, 0.5) is 5.69 Å². The average Bonchev–Trinajstić information content (AvgIpc) is 2.54. The van der Waals surface area contributed by atoms with E-state index >= 15 is 0 Å². The predicted octanol–water partition coefficient (Wildman–Crippen LogP) is 2.94. The molecule has 126 valence electrons. The van der Waals surface area contributed by atoms with Gasteiger partial charge in [0, 0.05) is 10.7 Å². The number of esters is 1. The fourth-order valence-electron chi connectivity index (χ4n) is 2.76. The first-order valence-electron chi connectivity index (χ1n) is 7.98. The summed E-state index contributed by atoms with van der Waals surface area (Å²) < 4.78 is 5.07. The number of likely N-dealkylation sites (tertiary alicyclic amines) is 1. The molecule has 6 heteroatoms. The summed E-state index contributed by atoms with van der Waals surface area (Å²) in [6.07, 6.45) is 1.46. The van der Waals surface area contributed by atoms with Gasteiger partial charge in [-0.15, -0.1) is 0 Å². The molecule has 1 N–H and O–H groups in total. The third-order valence-electron chi connectivity index (χ3n) is 4.17. The van der Waals surface area contributed by atoms with Crippen molar-refractivity contribution >= 4 is 29.2 Å². The molecule has 5 nitrogen and oxygen atoms in total. The molecule has 23 heavy (non-hydrogen) atoms. The highest BCUT2D eigenvalue weighted by Gasteiger charge is 2.30. The first-order valence-corrected chi connectivity index (χ1v) is 8.36. The number of benzene rings is 1. The van der Waals surface area contributed by atoms with Crippen LogP contribution in [0.1, 0.15) is 26.7 Å². The summed E-state index contributed by atoms with van der Waals surface area (Å²) in [6, 6.07) is 6.84. The monoisotopic (exact) mass is 338 g/mol. The lowest BCUT2D eigenvalue weighted by atomic mass is 9.96. The highest BCUT2D eigenvalue weighted by Crippen LogP contribution is 2.21. The van der Waals surface area contributed by atoms with E-state index in [4.69, 9.17) is 16.3 Å². The van der Waals surface area contributed by atoms with Crippen molar-refractivity contribution in [2.24, 2.45) is 5.92 Å². The van der Waals surface area contributed by atoms with E-state index in [2.05, 4.69) is 10.2 Å². The van der Waals surface area contributed by atoms with Crippen molar-refractivity contribution in [1.82, 2.24) is 4.90 Å². The van der Waals surface area contributed by atoms with Gasteiger partial charge in [-0.2, -0.15) is 0 Å². The highest BCUT2D eigenvalue weighted by molar-refractivity contribution is 6.30. The first kappa shape index (κ1) is 17.8. The molecular weight excluding hydrogens is 316 g/mol. The minimum absolute atomic E-state index is 0.0469. The molecule has 1 atom stereocenters. The van der Waals surface area contributed by atoms with Gasteiger partial charge in [0.05, 0.1) is 18.6 Å². The van der Waals surface area contributed by atoms with Crippen LogP contribution in [0.25, 0.3) is 0 Å². The number of piperidine rings is 1. The Kier molecular flexibility index (Phi) is 6.42. The number of carbonyl (C=O) groups excluding carboxylic acids is 2. The normalized spacial score (nSPS) is 17.5. The summed E-state index contributed by atoms with van der Waals surface area (Å²) in [7, 11) is 0. The lowest BCUT2D eigenvalue weighted by molar-refractivity contribution is -0.149. The van der Waals surface area contributed by atoms with Gasteiger partial charge in [-0.3, -0.25) is 14.5 Å². The van der Waals surface area contributed by atoms with Crippen molar-refractivity contribution in [3.8, 4) is 0 Å². The Balaban J connectivity index is 1.85. The number of carbonyl (C=O) groups is 2. The SMILES string of the molecule is CCOC(=O)C1CCN(C(C)C(=O)Nc2cccc(Cl)c2)CC1. The zero-order chi connectivity index (χ0) is 16.8. The number of hydrogen-bond donors (Lipinski definition) is 1. The molecule has 0 bridgehead atoms. The number of anilines is 1. The Labute approximate surface area is 141 Å². The molecule has 2 rings (SSSR count).